The van der Waals surface area contributed by atoms with Crippen molar-refractivity contribution in [3.8, 4) is 11.4 Å². The van der Waals surface area contributed by atoms with Gasteiger partial charge < -0.3 is 10.2 Å². The van der Waals surface area contributed by atoms with Crippen LogP contribution in [0.5, 0.6) is 0 Å². The fourth-order valence-electron chi connectivity index (χ4n) is 1.60. The van der Waals surface area contributed by atoms with Crippen molar-refractivity contribution >= 4 is 28.4 Å². The van der Waals surface area contributed by atoms with Gasteiger partial charge in [-0.3, -0.25) is 0 Å². The van der Waals surface area contributed by atoms with Gasteiger partial charge >= 0.3 is 0 Å². The molecule has 0 bridgehead atoms. The number of nitrogens with zero attached hydrogens (tertiary/aromatic N) is 2. The van der Waals surface area contributed by atoms with Gasteiger partial charge in [0, 0.05) is 0 Å². The predicted molar refractivity (Wildman–Crippen MR) is 75.7 cm³/mol. The molecule has 17 heavy (non-hydrogen) atoms. The Balaban J connectivity index is 2.61. The van der Waals surface area contributed by atoms with Crippen LogP contribution in [0.4, 0.5) is 5.82 Å². The second-order valence-corrected chi connectivity index (χ2v) is 5.26. The number of nitrogens with two attached hydrogens (primary N) is 1. The zero-order chi connectivity index (χ0) is 12.6. The molecule has 4 nitrogen and oxygen atoms in total. The van der Waals surface area contributed by atoms with Gasteiger partial charge in [-0.1, -0.05) is 13.8 Å². The Morgan fingerprint density at radius 3 is 2.59 bits per heavy atom. The maximum absolute atomic E-state index is 5.93. The molecule has 0 aliphatic heterocycles. The van der Waals surface area contributed by atoms with E-state index in [4.69, 9.17) is 10.2 Å². The fraction of sp³-hybridized carbons (Fsp3) is 0.333. The smallest absolute Gasteiger partial charge is 0.165 e. The number of furan rings is 1. The summed E-state index contributed by atoms with van der Waals surface area (Å²) in [5.41, 5.74) is 7.80. The highest BCUT2D eigenvalue weighted by Gasteiger charge is 2.15. The van der Waals surface area contributed by atoms with E-state index in [1.807, 2.05) is 13.0 Å². The van der Waals surface area contributed by atoms with E-state index in [1.54, 1.807) is 6.26 Å². The van der Waals surface area contributed by atoms with Gasteiger partial charge in [0.2, 0.25) is 0 Å². The minimum absolute atomic E-state index is 0.318. The third-order valence-electron chi connectivity index (χ3n) is 2.55. The summed E-state index contributed by atoms with van der Waals surface area (Å²) >= 11 is 2.19. The van der Waals surface area contributed by atoms with Crippen LogP contribution in [0.15, 0.2) is 16.7 Å². The first kappa shape index (κ1) is 12.3. The van der Waals surface area contributed by atoms with Crippen LogP contribution in [0.1, 0.15) is 31.2 Å². The van der Waals surface area contributed by atoms with E-state index >= 15 is 0 Å². The molecule has 2 aromatic heterocycles. The first-order valence-corrected chi connectivity index (χ1v) is 6.46. The number of halogens is 1. The van der Waals surface area contributed by atoms with E-state index in [2.05, 4.69) is 46.4 Å². The molecule has 0 spiro atoms. The van der Waals surface area contributed by atoms with Gasteiger partial charge in [-0.25, -0.2) is 9.97 Å². The van der Waals surface area contributed by atoms with Crippen LogP contribution in [0.3, 0.4) is 0 Å². The first-order valence-electron chi connectivity index (χ1n) is 5.38. The number of rotatable bonds is 2. The van der Waals surface area contributed by atoms with Crippen molar-refractivity contribution < 1.29 is 4.42 Å². The Kier molecular flexibility index (Phi) is 3.37. The molecule has 0 saturated heterocycles. The topological polar surface area (TPSA) is 64.9 Å². The van der Waals surface area contributed by atoms with Crippen molar-refractivity contribution in [1.29, 1.82) is 0 Å². The average molecular weight is 343 g/mol. The highest BCUT2D eigenvalue weighted by atomic mass is 127. The van der Waals surface area contributed by atoms with E-state index in [-0.39, 0.29) is 0 Å². The van der Waals surface area contributed by atoms with Crippen molar-refractivity contribution in [2.45, 2.75) is 26.7 Å². The molecule has 2 aromatic rings. The van der Waals surface area contributed by atoms with E-state index in [9.17, 15) is 0 Å². The van der Waals surface area contributed by atoms with Crippen molar-refractivity contribution in [3.05, 3.63) is 27.4 Å². The SMILES string of the molecule is Cc1occc1-c1nc(N)c(I)c(C(C)C)n1. The summed E-state index contributed by atoms with van der Waals surface area (Å²) in [6, 6.07) is 1.86. The van der Waals surface area contributed by atoms with Gasteiger partial charge in [0.25, 0.3) is 0 Å². The summed E-state index contributed by atoms with van der Waals surface area (Å²) in [6.07, 6.45) is 1.64. The van der Waals surface area contributed by atoms with Gasteiger partial charge in [0.15, 0.2) is 5.82 Å². The third kappa shape index (κ3) is 2.29. The number of aryl methyl sites for hydroxylation is 1. The lowest BCUT2D eigenvalue weighted by Gasteiger charge is -2.11. The predicted octanol–water partition coefficient (Wildman–Crippen LogP) is 3.36. The quantitative estimate of drug-likeness (QED) is 0.850. The summed E-state index contributed by atoms with van der Waals surface area (Å²) in [4.78, 5) is 8.90. The van der Waals surface area contributed by atoms with Crippen molar-refractivity contribution in [1.82, 2.24) is 9.97 Å². The Hall–Kier alpha value is -1.11. The minimum atomic E-state index is 0.318. The van der Waals surface area contributed by atoms with Crippen molar-refractivity contribution in [2.24, 2.45) is 0 Å². The Morgan fingerprint density at radius 1 is 1.35 bits per heavy atom. The molecule has 0 aliphatic carbocycles. The highest BCUT2D eigenvalue weighted by molar-refractivity contribution is 14.1. The van der Waals surface area contributed by atoms with E-state index in [0.717, 1.165) is 20.6 Å². The van der Waals surface area contributed by atoms with Crippen molar-refractivity contribution in [3.63, 3.8) is 0 Å². The highest BCUT2D eigenvalue weighted by Crippen LogP contribution is 2.28. The molecular formula is C12H14IN3O. The van der Waals surface area contributed by atoms with Crippen LogP contribution in [-0.4, -0.2) is 9.97 Å². The van der Waals surface area contributed by atoms with Gasteiger partial charge in [-0.15, -0.1) is 0 Å². The Bertz CT molecular complexity index is 549. The Labute approximate surface area is 114 Å². The largest absolute Gasteiger partial charge is 0.469 e. The van der Waals surface area contributed by atoms with Gasteiger partial charge in [0.1, 0.15) is 11.6 Å². The zero-order valence-electron chi connectivity index (χ0n) is 9.99. The fourth-order valence-corrected chi connectivity index (χ4v) is 2.47. The summed E-state index contributed by atoms with van der Waals surface area (Å²) in [6.45, 7) is 6.08. The van der Waals surface area contributed by atoms with Crippen molar-refractivity contribution in [2.75, 3.05) is 5.73 Å². The summed E-state index contributed by atoms with van der Waals surface area (Å²) in [5.74, 6) is 2.29. The molecule has 0 aliphatic rings. The summed E-state index contributed by atoms with van der Waals surface area (Å²) < 4.78 is 6.20. The number of hydrogen-bond donors (Lipinski definition) is 1. The summed E-state index contributed by atoms with van der Waals surface area (Å²) in [5, 5.41) is 0. The van der Waals surface area contributed by atoms with Crippen LogP contribution in [0.2, 0.25) is 0 Å². The molecule has 5 heteroatoms. The molecule has 2 heterocycles. The molecule has 0 unspecified atom stereocenters. The molecule has 2 N–H and O–H groups in total. The number of aromatic nitrogens is 2. The molecule has 2 rings (SSSR count). The second kappa shape index (κ2) is 4.64. The number of hydrogen-bond acceptors (Lipinski definition) is 4. The van der Waals surface area contributed by atoms with Crippen LogP contribution in [-0.2, 0) is 0 Å². The van der Waals surface area contributed by atoms with Crippen LogP contribution < -0.4 is 5.73 Å². The normalized spacial score (nSPS) is 11.1. The third-order valence-corrected chi connectivity index (χ3v) is 3.65. The van der Waals surface area contributed by atoms with Gasteiger partial charge in [0.05, 0.1) is 21.1 Å². The lowest BCUT2D eigenvalue weighted by atomic mass is 10.1. The first-order chi connectivity index (χ1) is 8.00. The minimum Gasteiger partial charge on any atom is -0.469 e. The molecular weight excluding hydrogens is 329 g/mol. The lowest BCUT2D eigenvalue weighted by molar-refractivity contribution is 0.535. The van der Waals surface area contributed by atoms with Gasteiger partial charge in [-0.05, 0) is 41.5 Å². The lowest BCUT2D eigenvalue weighted by Crippen LogP contribution is -2.06. The maximum Gasteiger partial charge on any atom is 0.165 e. The number of anilines is 1. The molecule has 0 saturated carbocycles. The van der Waals surface area contributed by atoms with Crippen LogP contribution >= 0.6 is 22.6 Å². The van der Waals surface area contributed by atoms with Crippen LogP contribution in [0, 0.1) is 10.5 Å². The number of nitrogen functional groups attached to an aromatic ring is 1. The van der Waals surface area contributed by atoms with Crippen LogP contribution in [0.25, 0.3) is 11.4 Å². The zero-order valence-corrected chi connectivity index (χ0v) is 12.1. The molecule has 0 radical (unpaired) electrons. The average Bonchev–Trinajstić information content (AvgIpc) is 2.68. The van der Waals surface area contributed by atoms with E-state index < -0.39 is 0 Å². The molecule has 0 fully saturated rings. The standard InChI is InChI=1S/C12H14IN3O/c1-6(2)10-9(13)11(14)16-12(15-10)8-4-5-17-7(8)3/h4-6H,1-3H3,(H2,14,15,16). The van der Waals surface area contributed by atoms with Gasteiger partial charge in [-0.2, -0.15) is 0 Å². The molecule has 90 valence electrons. The molecule has 0 amide bonds. The monoisotopic (exact) mass is 343 g/mol. The molecule has 0 aromatic carbocycles. The van der Waals surface area contributed by atoms with E-state index in [0.29, 0.717) is 17.6 Å². The van der Waals surface area contributed by atoms with E-state index in [1.165, 1.54) is 0 Å². The maximum atomic E-state index is 5.93. The molecule has 0 atom stereocenters. The Morgan fingerprint density at radius 2 is 2.06 bits per heavy atom. The summed E-state index contributed by atoms with van der Waals surface area (Å²) in [7, 11) is 0. The second-order valence-electron chi connectivity index (χ2n) is 4.18.